The van der Waals surface area contributed by atoms with Crippen LogP contribution in [0.5, 0.6) is 0 Å². The van der Waals surface area contributed by atoms with E-state index in [1.54, 1.807) is 27.7 Å². The molecular formula is C13H18N2O4S. The van der Waals surface area contributed by atoms with Gasteiger partial charge in [0, 0.05) is 0 Å². The third-order valence-corrected chi connectivity index (χ3v) is 2.99. The summed E-state index contributed by atoms with van der Waals surface area (Å²) in [6.45, 7) is 7.02. The third-order valence-electron chi connectivity index (χ3n) is 2.12. The number of hydrogen-bond donors (Lipinski definition) is 2. The van der Waals surface area contributed by atoms with E-state index in [0.29, 0.717) is 6.42 Å². The lowest BCUT2D eigenvalue weighted by Gasteiger charge is -2.18. The average molecular weight is 298 g/mol. The van der Waals surface area contributed by atoms with Crippen molar-refractivity contribution in [2.75, 3.05) is 5.73 Å². The molecule has 0 saturated carbocycles. The van der Waals surface area contributed by atoms with E-state index in [2.05, 4.69) is 4.98 Å². The second-order valence-corrected chi connectivity index (χ2v) is 6.10. The Morgan fingerprint density at radius 3 is 2.50 bits per heavy atom. The van der Waals surface area contributed by atoms with Crippen molar-refractivity contribution in [2.24, 2.45) is 0 Å². The van der Waals surface area contributed by atoms with Gasteiger partial charge >= 0.3 is 11.9 Å². The quantitative estimate of drug-likeness (QED) is 0.654. The van der Waals surface area contributed by atoms with Crippen LogP contribution in [0.25, 0.3) is 5.57 Å². The van der Waals surface area contributed by atoms with Crippen LogP contribution in [-0.2, 0) is 9.53 Å². The number of esters is 1. The Balaban J connectivity index is 3.13. The number of hydrogen-bond acceptors (Lipinski definition) is 6. The van der Waals surface area contributed by atoms with Crippen LogP contribution in [0, 0.1) is 0 Å². The largest absolute Gasteiger partial charge is 0.478 e. The molecule has 3 N–H and O–H groups in total. The molecule has 1 aromatic rings. The monoisotopic (exact) mass is 298 g/mol. The number of aliphatic carboxylic acids is 1. The van der Waals surface area contributed by atoms with Gasteiger partial charge in [-0.05, 0) is 27.2 Å². The Kier molecular flexibility index (Phi) is 4.88. The number of nitrogen functional groups attached to an aromatic ring is 1. The predicted molar refractivity (Wildman–Crippen MR) is 77.6 cm³/mol. The first-order chi connectivity index (χ1) is 9.15. The molecule has 110 valence electrons. The molecule has 0 aromatic carbocycles. The summed E-state index contributed by atoms with van der Waals surface area (Å²) in [4.78, 5) is 27.1. The molecule has 0 amide bonds. The second kappa shape index (κ2) is 6.04. The van der Waals surface area contributed by atoms with Crippen LogP contribution in [0.3, 0.4) is 0 Å². The number of allylic oxidation sites excluding steroid dienone is 1. The van der Waals surface area contributed by atoms with E-state index >= 15 is 0 Å². The van der Waals surface area contributed by atoms with Crippen LogP contribution in [-0.4, -0.2) is 27.6 Å². The van der Waals surface area contributed by atoms with E-state index in [4.69, 9.17) is 15.6 Å². The summed E-state index contributed by atoms with van der Waals surface area (Å²) in [5, 5.41) is 9.38. The summed E-state index contributed by atoms with van der Waals surface area (Å²) in [5.74, 6) is -1.73. The molecule has 1 heterocycles. The molecule has 1 rings (SSSR count). The second-order valence-electron chi connectivity index (χ2n) is 5.06. The lowest BCUT2D eigenvalue weighted by Crippen LogP contribution is -2.23. The van der Waals surface area contributed by atoms with Crippen LogP contribution >= 0.6 is 11.3 Å². The minimum Gasteiger partial charge on any atom is -0.478 e. The van der Waals surface area contributed by atoms with Gasteiger partial charge < -0.3 is 15.6 Å². The lowest BCUT2D eigenvalue weighted by atomic mass is 10.1. The highest BCUT2D eigenvalue weighted by Gasteiger charge is 2.25. The number of aromatic nitrogens is 1. The number of carboxylic acids is 1. The fourth-order valence-electron chi connectivity index (χ4n) is 1.42. The SMILES string of the molecule is CC/C=C(\C(=O)O)c1nc(C(=O)OC(C)(C)C)sc1N. The number of thiazole rings is 1. The number of carbonyl (C=O) groups excluding carboxylic acids is 1. The lowest BCUT2D eigenvalue weighted by molar-refractivity contribution is -0.130. The van der Waals surface area contributed by atoms with E-state index in [9.17, 15) is 9.59 Å². The number of ether oxygens (including phenoxy) is 1. The molecule has 0 atom stereocenters. The Labute approximate surface area is 121 Å². The summed E-state index contributed by atoms with van der Waals surface area (Å²) in [7, 11) is 0. The molecule has 1 aromatic heterocycles. The average Bonchev–Trinajstić information content (AvgIpc) is 2.65. The Morgan fingerprint density at radius 2 is 2.05 bits per heavy atom. The summed E-state index contributed by atoms with van der Waals surface area (Å²) in [6.07, 6.45) is 2.03. The van der Waals surface area contributed by atoms with Gasteiger partial charge in [-0.3, -0.25) is 0 Å². The summed E-state index contributed by atoms with van der Waals surface area (Å²) >= 11 is 0.923. The zero-order valence-electron chi connectivity index (χ0n) is 11.9. The third kappa shape index (κ3) is 4.06. The first-order valence-electron chi connectivity index (χ1n) is 6.09. The zero-order valence-corrected chi connectivity index (χ0v) is 12.7. The maximum atomic E-state index is 11.9. The smallest absolute Gasteiger partial charge is 0.368 e. The van der Waals surface area contributed by atoms with E-state index in [1.807, 2.05) is 0 Å². The molecular weight excluding hydrogens is 280 g/mol. The molecule has 6 nitrogen and oxygen atoms in total. The topological polar surface area (TPSA) is 103 Å². The van der Waals surface area contributed by atoms with Crippen molar-refractivity contribution in [3.8, 4) is 0 Å². The van der Waals surface area contributed by atoms with Crippen LogP contribution in [0.4, 0.5) is 5.00 Å². The molecule has 0 spiro atoms. The van der Waals surface area contributed by atoms with Crippen LogP contribution in [0.2, 0.25) is 0 Å². The van der Waals surface area contributed by atoms with E-state index in [1.165, 1.54) is 6.08 Å². The van der Waals surface area contributed by atoms with Crippen molar-refractivity contribution in [3.63, 3.8) is 0 Å². The number of nitrogens with two attached hydrogens (primary N) is 1. The molecule has 0 fully saturated rings. The van der Waals surface area contributed by atoms with Crippen molar-refractivity contribution in [3.05, 3.63) is 16.8 Å². The number of rotatable bonds is 4. The molecule has 7 heteroatoms. The summed E-state index contributed by atoms with van der Waals surface area (Å²) in [6, 6.07) is 0. The molecule has 0 unspecified atom stereocenters. The molecule has 0 aliphatic heterocycles. The molecule has 0 saturated heterocycles. The van der Waals surface area contributed by atoms with Gasteiger partial charge in [0.1, 0.15) is 16.3 Å². The maximum absolute atomic E-state index is 11.9. The highest BCUT2D eigenvalue weighted by Crippen LogP contribution is 2.29. The minimum atomic E-state index is -1.13. The van der Waals surface area contributed by atoms with Gasteiger partial charge in [-0.2, -0.15) is 0 Å². The fraction of sp³-hybridized carbons (Fsp3) is 0.462. The van der Waals surface area contributed by atoms with Gasteiger partial charge in [-0.15, -0.1) is 0 Å². The van der Waals surface area contributed by atoms with Crippen molar-refractivity contribution >= 4 is 33.8 Å². The number of anilines is 1. The Morgan fingerprint density at radius 1 is 1.45 bits per heavy atom. The molecule has 20 heavy (non-hydrogen) atoms. The van der Waals surface area contributed by atoms with Gasteiger partial charge in [0.15, 0.2) is 0 Å². The van der Waals surface area contributed by atoms with Gasteiger partial charge in [-0.25, -0.2) is 14.6 Å². The van der Waals surface area contributed by atoms with Gasteiger partial charge in [0.2, 0.25) is 5.01 Å². The van der Waals surface area contributed by atoms with Gasteiger partial charge in [0.25, 0.3) is 0 Å². The van der Waals surface area contributed by atoms with E-state index < -0.39 is 17.5 Å². The molecule has 0 aliphatic carbocycles. The predicted octanol–water partition coefficient (Wildman–Crippen LogP) is 2.56. The molecule has 0 aliphatic rings. The van der Waals surface area contributed by atoms with Gasteiger partial charge in [0.05, 0.1) is 5.57 Å². The maximum Gasteiger partial charge on any atom is 0.368 e. The number of carbonyl (C=O) groups is 2. The van der Waals surface area contributed by atoms with Crippen molar-refractivity contribution in [1.82, 2.24) is 4.98 Å². The van der Waals surface area contributed by atoms with Crippen LogP contribution < -0.4 is 5.73 Å². The number of carboxylic acid groups (broad SMARTS) is 1. The van der Waals surface area contributed by atoms with E-state index in [0.717, 1.165) is 11.3 Å². The highest BCUT2D eigenvalue weighted by molar-refractivity contribution is 7.17. The van der Waals surface area contributed by atoms with Crippen molar-refractivity contribution < 1.29 is 19.4 Å². The Hall–Kier alpha value is -1.89. The highest BCUT2D eigenvalue weighted by atomic mass is 32.1. The summed E-state index contributed by atoms with van der Waals surface area (Å²) < 4.78 is 5.18. The Bertz CT molecular complexity index is 555. The first kappa shape index (κ1) is 16.2. The first-order valence-corrected chi connectivity index (χ1v) is 6.90. The van der Waals surface area contributed by atoms with Crippen molar-refractivity contribution in [1.29, 1.82) is 0 Å². The minimum absolute atomic E-state index is 0.00365. The number of nitrogens with zero attached hydrogens (tertiary/aromatic N) is 1. The molecule has 0 bridgehead atoms. The van der Waals surface area contributed by atoms with E-state index in [-0.39, 0.29) is 21.3 Å². The van der Waals surface area contributed by atoms with Crippen LogP contribution in [0.1, 0.15) is 49.6 Å². The van der Waals surface area contributed by atoms with Gasteiger partial charge in [-0.1, -0.05) is 24.3 Å². The van der Waals surface area contributed by atoms with Crippen LogP contribution in [0.15, 0.2) is 6.08 Å². The molecule has 0 radical (unpaired) electrons. The fourth-order valence-corrected chi connectivity index (χ4v) is 2.15. The summed E-state index contributed by atoms with van der Waals surface area (Å²) in [5.41, 5.74) is 5.22. The normalized spacial score (nSPS) is 12.3. The standard InChI is InChI=1S/C13H18N2O4S/c1-5-6-7(11(16)17)8-9(14)20-10(15-8)12(18)19-13(2,3)4/h6H,5,14H2,1-4H3,(H,16,17)/b7-6-. The zero-order chi connectivity index (χ0) is 15.5. The van der Waals surface area contributed by atoms with Crippen molar-refractivity contribution in [2.45, 2.75) is 39.7 Å².